The molecule has 0 saturated carbocycles. The molecule has 5 N–H and O–H groups in total. The van der Waals surface area contributed by atoms with E-state index in [-0.39, 0.29) is 5.75 Å². The van der Waals surface area contributed by atoms with Crippen LogP contribution in [0.1, 0.15) is 13.3 Å². The second-order valence-electron chi connectivity index (χ2n) is 7.67. The van der Waals surface area contributed by atoms with Gasteiger partial charge in [0.15, 0.2) is 6.23 Å². The lowest BCUT2D eigenvalue weighted by Gasteiger charge is -2.28. The van der Waals surface area contributed by atoms with E-state index in [2.05, 4.69) is 9.82 Å². The molecule has 1 aromatic carbocycles. The van der Waals surface area contributed by atoms with Crippen molar-refractivity contribution in [3.8, 4) is 5.75 Å². The predicted molar refractivity (Wildman–Crippen MR) is 119 cm³/mol. The number of esters is 1. The summed E-state index contributed by atoms with van der Waals surface area (Å²) in [6.45, 7) is 0.964. The number of nitrogens with two attached hydrogens (primary N) is 1. The summed E-state index contributed by atoms with van der Waals surface area (Å²) in [5.74, 6) is -1.10. The topological polar surface area (TPSA) is 170 Å². The number of aliphatic hydroxyl groups is 2. The number of nitrogens with one attached hydrogen (secondary N) is 1. The lowest BCUT2D eigenvalue weighted by Crippen LogP contribution is -2.40. The van der Waals surface area contributed by atoms with Crippen LogP contribution in [0.4, 0.5) is 0 Å². The van der Waals surface area contributed by atoms with E-state index in [0.717, 1.165) is 0 Å². The molecule has 2 unspecified atom stereocenters. The predicted octanol–water partition coefficient (Wildman–Crippen LogP) is 0.377. The molecule has 2 heterocycles. The van der Waals surface area contributed by atoms with Gasteiger partial charge in [0, 0.05) is 18.0 Å². The zero-order valence-corrected chi connectivity index (χ0v) is 19.5. The maximum atomic E-state index is 13.4. The standard InChI is InChI=1S/C21H28N3O9P/c1-13(21(28)30-2)23-34(29,33-15-8-4-3-5-9-15)31-12-16-17(25)18(26)20(32-16)24-10-6-7-14(11-24)19(22)27/h3-6,8-11,13,16-18,20,25-26H,7,12H2,1-2H3,(H2,22,27)(H,23,29)/t13-,16+,17?,18-,20+,34?/m0/s1. The van der Waals surface area contributed by atoms with E-state index in [1.54, 1.807) is 42.6 Å². The van der Waals surface area contributed by atoms with Crippen LogP contribution in [0.15, 0.2) is 54.4 Å². The third kappa shape index (κ3) is 6.23. The van der Waals surface area contributed by atoms with Gasteiger partial charge in [-0.1, -0.05) is 24.3 Å². The van der Waals surface area contributed by atoms with E-state index in [9.17, 15) is 24.4 Å². The maximum Gasteiger partial charge on any atom is 0.459 e. The number of allylic oxidation sites excluding steroid dienone is 1. The summed E-state index contributed by atoms with van der Waals surface area (Å²) in [5, 5.41) is 23.5. The van der Waals surface area contributed by atoms with Crippen molar-refractivity contribution in [1.29, 1.82) is 0 Å². The highest BCUT2D eigenvalue weighted by atomic mass is 31.2. The fourth-order valence-electron chi connectivity index (χ4n) is 3.36. The second-order valence-corrected chi connectivity index (χ2v) is 9.37. The highest BCUT2D eigenvalue weighted by Gasteiger charge is 2.46. The monoisotopic (exact) mass is 497 g/mol. The Labute approximate surface area is 196 Å². The number of ether oxygens (including phenoxy) is 2. The zero-order chi connectivity index (χ0) is 24.9. The van der Waals surface area contributed by atoms with Gasteiger partial charge in [-0.15, -0.1) is 0 Å². The molecule has 1 amide bonds. The van der Waals surface area contributed by atoms with Gasteiger partial charge in [-0.3, -0.25) is 14.1 Å². The molecule has 34 heavy (non-hydrogen) atoms. The molecule has 0 spiro atoms. The Balaban J connectivity index is 1.72. The maximum absolute atomic E-state index is 13.4. The van der Waals surface area contributed by atoms with Gasteiger partial charge in [0.25, 0.3) is 0 Å². The van der Waals surface area contributed by atoms with E-state index in [1.807, 2.05) is 0 Å². The van der Waals surface area contributed by atoms with Gasteiger partial charge in [-0.25, -0.2) is 4.57 Å². The minimum Gasteiger partial charge on any atom is -0.468 e. The summed E-state index contributed by atoms with van der Waals surface area (Å²) in [7, 11) is -2.98. The fourth-order valence-corrected chi connectivity index (χ4v) is 4.86. The molecular weight excluding hydrogens is 469 g/mol. The summed E-state index contributed by atoms with van der Waals surface area (Å²) in [4.78, 5) is 24.7. The lowest BCUT2D eigenvalue weighted by atomic mass is 10.1. The van der Waals surface area contributed by atoms with E-state index < -0.39 is 56.8 Å². The smallest absolute Gasteiger partial charge is 0.459 e. The number of aliphatic hydroxyl groups excluding tert-OH is 2. The van der Waals surface area contributed by atoms with Gasteiger partial charge in [0.1, 0.15) is 30.1 Å². The number of methoxy groups -OCH3 is 1. The van der Waals surface area contributed by atoms with E-state index in [4.69, 9.17) is 19.5 Å². The first-order valence-corrected chi connectivity index (χ1v) is 12.0. The lowest BCUT2D eigenvalue weighted by molar-refractivity contribution is -0.142. The first kappa shape index (κ1) is 25.9. The number of para-hydroxylation sites is 1. The molecule has 2 aliphatic rings. The van der Waals surface area contributed by atoms with E-state index >= 15 is 0 Å². The largest absolute Gasteiger partial charge is 0.468 e. The quantitative estimate of drug-likeness (QED) is 0.260. The normalized spacial score (nSPS) is 26.9. The van der Waals surface area contributed by atoms with Crippen LogP contribution in [0.2, 0.25) is 0 Å². The van der Waals surface area contributed by atoms with Crippen LogP contribution in [0.3, 0.4) is 0 Å². The first-order chi connectivity index (χ1) is 16.1. The third-order valence-electron chi connectivity index (χ3n) is 5.15. The van der Waals surface area contributed by atoms with Crippen molar-refractivity contribution in [3.63, 3.8) is 0 Å². The van der Waals surface area contributed by atoms with Crippen LogP contribution < -0.4 is 15.3 Å². The molecule has 1 aromatic rings. The minimum atomic E-state index is -4.16. The number of carbonyl (C=O) groups is 2. The molecule has 0 bridgehead atoms. The number of carbonyl (C=O) groups excluding carboxylic acids is 2. The van der Waals surface area contributed by atoms with Gasteiger partial charge < -0.3 is 34.8 Å². The van der Waals surface area contributed by atoms with Crippen LogP contribution in [-0.4, -0.2) is 71.3 Å². The van der Waals surface area contributed by atoms with Gasteiger partial charge in [0.05, 0.1) is 13.7 Å². The van der Waals surface area contributed by atoms with Crippen LogP contribution in [0.25, 0.3) is 0 Å². The van der Waals surface area contributed by atoms with Crippen LogP contribution in [0, 0.1) is 0 Å². The van der Waals surface area contributed by atoms with Gasteiger partial charge in [0.2, 0.25) is 5.91 Å². The van der Waals surface area contributed by atoms with E-state index in [1.165, 1.54) is 25.1 Å². The molecule has 0 aliphatic carbocycles. The third-order valence-corrected chi connectivity index (χ3v) is 6.80. The molecule has 0 radical (unpaired) electrons. The molecule has 1 saturated heterocycles. The summed E-state index contributed by atoms with van der Waals surface area (Å²) >= 11 is 0. The molecular formula is C21H28N3O9P. The van der Waals surface area contributed by atoms with Gasteiger partial charge in [-0.05, 0) is 25.5 Å². The van der Waals surface area contributed by atoms with Crippen molar-refractivity contribution in [2.75, 3.05) is 13.7 Å². The highest BCUT2D eigenvalue weighted by molar-refractivity contribution is 7.52. The van der Waals surface area contributed by atoms with Gasteiger partial charge in [-0.2, -0.15) is 5.09 Å². The Hall–Kier alpha value is -2.73. The van der Waals surface area contributed by atoms with Crippen molar-refractivity contribution >= 4 is 19.6 Å². The molecule has 12 nitrogen and oxygen atoms in total. The number of benzene rings is 1. The fraction of sp³-hybridized carbons (Fsp3) is 0.429. The minimum absolute atomic E-state index is 0.212. The number of rotatable bonds is 10. The van der Waals surface area contributed by atoms with Gasteiger partial charge >= 0.3 is 13.7 Å². The van der Waals surface area contributed by atoms with E-state index in [0.29, 0.717) is 12.0 Å². The van der Waals surface area contributed by atoms with Crippen molar-refractivity contribution in [2.24, 2.45) is 5.73 Å². The Morgan fingerprint density at radius 2 is 2.00 bits per heavy atom. The van der Waals surface area contributed by atoms with Crippen LogP contribution in [-0.2, 0) is 28.2 Å². The Morgan fingerprint density at radius 1 is 1.29 bits per heavy atom. The molecule has 6 atom stereocenters. The SMILES string of the molecule is COC(=O)[C@H](C)NP(=O)(OC[C@H]1O[C@@H](N2C=CCC(C(N)=O)=C2)[C@@H](O)C1O)Oc1ccccc1. The average Bonchev–Trinajstić information content (AvgIpc) is 3.11. The number of hydrogen-bond donors (Lipinski definition) is 4. The van der Waals surface area contributed by atoms with Crippen LogP contribution >= 0.6 is 7.75 Å². The number of amides is 1. The molecule has 186 valence electrons. The first-order valence-electron chi connectivity index (χ1n) is 10.4. The molecule has 1 fully saturated rings. The Bertz CT molecular complexity index is 987. The molecule has 2 aliphatic heterocycles. The molecule has 3 rings (SSSR count). The van der Waals surface area contributed by atoms with Crippen molar-refractivity contribution in [1.82, 2.24) is 9.99 Å². The number of primary amides is 1. The average molecular weight is 497 g/mol. The molecule has 13 heteroatoms. The summed E-state index contributed by atoms with van der Waals surface area (Å²) in [5.41, 5.74) is 5.62. The number of hydrogen-bond acceptors (Lipinski definition) is 10. The van der Waals surface area contributed by atoms with Crippen LogP contribution in [0.5, 0.6) is 5.75 Å². The summed E-state index contributed by atoms with van der Waals surface area (Å²) in [6.07, 6.45) is 0.0518. The Kier molecular flexibility index (Phi) is 8.47. The number of nitrogens with zero attached hydrogens (tertiary/aromatic N) is 1. The Morgan fingerprint density at radius 3 is 2.65 bits per heavy atom. The second kappa shape index (κ2) is 11.1. The molecule has 0 aromatic heterocycles. The summed E-state index contributed by atoms with van der Waals surface area (Å²) in [6, 6.07) is 7.12. The summed E-state index contributed by atoms with van der Waals surface area (Å²) < 4.78 is 34.8. The van der Waals surface area contributed by atoms with Crippen molar-refractivity contribution < 1.29 is 42.9 Å². The highest BCUT2D eigenvalue weighted by Crippen LogP contribution is 2.45. The van der Waals surface area contributed by atoms with Crippen molar-refractivity contribution in [2.45, 2.75) is 43.9 Å². The zero-order valence-electron chi connectivity index (χ0n) is 18.6. The van der Waals surface area contributed by atoms with Crippen molar-refractivity contribution in [3.05, 3.63) is 54.4 Å².